The first-order chi connectivity index (χ1) is 13.7. The fourth-order valence-electron chi connectivity index (χ4n) is 3.50. The van der Waals surface area contributed by atoms with E-state index in [4.69, 9.17) is 0 Å². The molecule has 0 saturated heterocycles. The molecule has 0 atom stereocenters. The van der Waals surface area contributed by atoms with Crippen molar-refractivity contribution >= 4 is 45.5 Å². The van der Waals surface area contributed by atoms with E-state index in [-0.39, 0.29) is 5.91 Å². The van der Waals surface area contributed by atoms with Gasteiger partial charge in [-0.15, -0.1) is 32.9 Å². The molecule has 6 nitrogen and oxygen atoms in total. The monoisotopic (exact) mass is 433 g/mol. The second-order valence-electron chi connectivity index (χ2n) is 6.95. The van der Waals surface area contributed by atoms with Crippen LogP contribution < -0.4 is 5.32 Å². The van der Waals surface area contributed by atoms with E-state index in [1.54, 1.807) is 11.3 Å². The van der Waals surface area contributed by atoms with Crippen LogP contribution >= 0.6 is 34.4 Å². The molecule has 28 heavy (non-hydrogen) atoms. The minimum Gasteiger partial charge on any atom is -0.303 e. The summed E-state index contributed by atoms with van der Waals surface area (Å²) < 4.78 is 2.30. The normalized spacial score (nSPS) is 15.0. The Morgan fingerprint density at radius 3 is 2.86 bits per heavy atom. The van der Waals surface area contributed by atoms with Crippen LogP contribution in [0, 0.1) is 6.92 Å². The molecule has 1 fully saturated rings. The summed E-state index contributed by atoms with van der Waals surface area (Å²) in [5.41, 5.74) is 0.920. The Kier molecular flexibility index (Phi) is 6.43. The summed E-state index contributed by atoms with van der Waals surface area (Å²) in [7, 11) is 0. The van der Waals surface area contributed by atoms with Gasteiger partial charge in [-0.25, -0.2) is 4.98 Å². The van der Waals surface area contributed by atoms with E-state index in [0.717, 1.165) is 35.9 Å². The molecule has 4 rings (SSSR count). The number of thioether (sulfide) groups is 1. The quantitative estimate of drug-likeness (QED) is 0.535. The van der Waals surface area contributed by atoms with Crippen LogP contribution in [0.1, 0.15) is 54.5 Å². The number of anilines is 1. The highest BCUT2D eigenvalue weighted by Crippen LogP contribution is 2.33. The van der Waals surface area contributed by atoms with Crippen LogP contribution in [0.25, 0.3) is 0 Å². The van der Waals surface area contributed by atoms with Gasteiger partial charge in [0.2, 0.25) is 5.91 Å². The molecule has 0 aromatic carbocycles. The lowest BCUT2D eigenvalue weighted by Crippen LogP contribution is -2.18. The van der Waals surface area contributed by atoms with Crippen molar-refractivity contribution in [2.45, 2.75) is 56.6 Å². The van der Waals surface area contributed by atoms with Crippen molar-refractivity contribution in [1.29, 1.82) is 0 Å². The molecule has 0 bridgehead atoms. The van der Waals surface area contributed by atoms with Crippen LogP contribution in [0.2, 0.25) is 0 Å². The Morgan fingerprint density at radius 1 is 1.29 bits per heavy atom. The van der Waals surface area contributed by atoms with Crippen molar-refractivity contribution < 1.29 is 4.79 Å². The lowest BCUT2D eigenvalue weighted by atomic mass is 9.95. The number of thiazole rings is 1. The van der Waals surface area contributed by atoms with Gasteiger partial charge in [-0.2, -0.15) is 0 Å². The molecular formula is C19H23N5OS3. The summed E-state index contributed by atoms with van der Waals surface area (Å²) in [6.45, 7) is 1.92. The van der Waals surface area contributed by atoms with Crippen molar-refractivity contribution in [3.63, 3.8) is 0 Å². The summed E-state index contributed by atoms with van der Waals surface area (Å²) in [5.74, 6) is 1.26. The number of nitrogens with zero attached hydrogens (tertiary/aromatic N) is 4. The minimum atomic E-state index is -0.0580. The van der Waals surface area contributed by atoms with Crippen molar-refractivity contribution in [2.24, 2.45) is 0 Å². The van der Waals surface area contributed by atoms with Crippen LogP contribution in [0.15, 0.2) is 28.0 Å². The molecule has 0 spiro atoms. The molecule has 3 heterocycles. The van der Waals surface area contributed by atoms with Crippen LogP contribution in [-0.2, 0) is 11.2 Å². The van der Waals surface area contributed by atoms with E-state index in [1.165, 1.54) is 47.2 Å². The topological polar surface area (TPSA) is 72.7 Å². The molecule has 3 aromatic rings. The third kappa shape index (κ3) is 4.82. The predicted molar refractivity (Wildman–Crippen MR) is 115 cm³/mol. The summed E-state index contributed by atoms with van der Waals surface area (Å²) in [6.07, 6.45) is 6.91. The highest BCUT2D eigenvalue weighted by Gasteiger charge is 2.23. The zero-order chi connectivity index (χ0) is 19.3. The van der Waals surface area contributed by atoms with Gasteiger partial charge < -0.3 is 9.88 Å². The Balaban J connectivity index is 1.47. The fraction of sp³-hybridized carbons (Fsp3) is 0.474. The standard InChI is InChI=1S/C19H23N5OS3/c1-13-11-27-18(20-13)21-17(25)12-28-19-23-22-16(10-15-8-5-9-26-15)24(19)14-6-3-2-4-7-14/h5,8-9,11,14H,2-4,6-7,10,12H2,1H3,(H,20,21,25). The number of hydrogen-bond donors (Lipinski definition) is 1. The molecule has 1 N–H and O–H groups in total. The van der Waals surface area contributed by atoms with Gasteiger partial charge in [0.1, 0.15) is 5.82 Å². The molecule has 1 aliphatic carbocycles. The van der Waals surface area contributed by atoms with Crippen molar-refractivity contribution in [2.75, 3.05) is 11.1 Å². The van der Waals surface area contributed by atoms with Gasteiger partial charge in [0.15, 0.2) is 10.3 Å². The third-order valence-electron chi connectivity index (χ3n) is 4.79. The SMILES string of the molecule is Cc1csc(NC(=O)CSc2nnc(Cc3cccs3)n2C2CCCCC2)n1. The number of rotatable bonds is 7. The smallest absolute Gasteiger partial charge is 0.236 e. The first-order valence-electron chi connectivity index (χ1n) is 9.50. The number of carbonyl (C=O) groups excluding carboxylic acids is 1. The maximum atomic E-state index is 12.3. The molecule has 0 unspecified atom stereocenters. The summed E-state index contributed by atoms with van der Waals surface area (Å²) in [5, 5.41) is 17.3. The molecule has 9 heteroatoms. The summed E-state index contributed by atoms with van der Waals surface area (Å²) in [4.78, 5) is 17.9. The zero-order valence-corrected chi connectivity index (χ0v) is 18.2. The molecule has 0 aliphatic heterocycles. The van der Waals surface area contributed by atoms with E-state index in [2.05, 4.69) is 42.6 Å². The van der Waals surface area contributed by atoms with Crippen LogP contribution in [0.5, 0.6) is 0 Å². The Hall–Kier alpha value is -1.71. The highest BCUT2D eigenvalue weighted by molar-refractivity contribution is 7.99. The van der Waals surface area contributed by atoms with Gasteiger partial charge in [-0.1, -0.05) is 37.1 Å². The van der Waals surface area contributed by atoms with E-state index < -0.39 is 0 Å². The number of aryl methyl sites for hydroxylation is 1. The first kappa shape index (κ1) is 19.6. The van der Waals surface area contributed by atoms with E-state index in [1.807, 2.05) is 12.3 Å². The number of aromatic nitrogens is 4. The van der Waals surface area contributed by atoms with Gasteiger partial charge >= 0.3 is 0 Å². The Labute approximate surface area is 176 Å². The fourth-order valence-corrected chi connectivity index (χ4v) is 5.73. The summed E-state index contributed by atoms with van der Waals surface area (Å²) >= 11 is 4.66. The van der Waals surface area contributed by atoms with Gasteiger partial charge in [0.05, 0.1) is 11.4 Å². The predicted octanol–water partition coefficient (Wildman–Crippen LogP) is 4.93. The number of hydrogen-bond acceptors (Lipinski definition) is 7. The number of amides is 1. The van der Waals surface area contributed by atoms with Crippen LogP contribution in [0.4, 0.5) is 5.13 Å². The van der Waals surface area contributed by atoms with Gasteiger partial charge in [-0.3, -0.25) is 4.79 Å². The van der Waals surface area contributed by atoms with E-state index in [0.29, 0.717) is 16.9 Å². The van der Waals surface area contributed by atoms with Crippen LogP contribution in [-0.4, -0.2) is 31.4 Å². The first-order valence-corrected chi connectivity index (χ1v) is 12.2. The number of thiophene rings is 1. The molecule has 1 aliphatic rings. The lowest BCUT2D eigenvalue weighted by Gasteiger charge is -2.25. The van der Waals surface area contributed by atoms with E-state index in [9.17, 15) is 4.79 Å². The molecule has 148 valence electrons. The van der Waals surface area contributed by atoms with Crippen molar-refractivity contribution in [3.8, 4) is 0 Å². The second-order valence-corrected chi connectivity index (χ2v) is 9.78. The van der Waals surface area contributed by atoms with Crippen LogP contribution in [0.3, 0.4) is 0 Å². The summed E-state index contributed by atoms with van der Waals surface area (Å²) in [6, 6.07) is 4.65. The Morgan fingerprint density at radius 2 is 2.14 bits per heavy atom. The minimum absolute atomic E-state index is 0.0580. The Bertz CT molecular complexity index is 912. The average Bonchev–Trinajstić information content (AvgIpc) is 3.43. The molecule has 3 aromatic heterocycles. The van der Waals surface area contributed by atoms with Gasteiger partial charge in [-0.05, 0) is 31.2 Å². The highest BCUT2D eigenvalue weighted by atomic mass is 32.2. The average molecular weight is 434 g/mol. The maximum Gasteiger partial charge on any atom is 0.236 e. The third-order valence-corrected chi connectivity index (χ3v) is 7.48. The molecule has 1 saturated carbocycles. The maximum absolute atomic E-state index is 12.3. The van der Waals surface area contributed by atoms with E-state index >= 15 is 0 Å². The molecule has 1 amide bonds. The molecular weight excluding hydrogens is 410 g/mol. The van der Waals surface area contributed by atoms with Crippen molar-refractivity contribution in [3.05, 3.63) is 39.3 Å². The number of carbonyl (C=O) groups is 1. The lowest BCUT2D eigenvalue weighted by molar-refractivity contribution is -0.113. The largest absolute Gasteiger partial charge is 0.303 e. The van der Waals surface area contributed by atoms with Gasteiger partial charge in [0.25, 0.3) is 0 Å². The molecule has 0 radical (unpaired) electrons. The van der Waals surface area contributed by atoms with Gasteiger partial charge in [0, 0.05) is 22.7 Å². The second kappa shape index (κ2) is 9.19. The zero-order valence-electron chi connectivity index (χ0n) is 15.8. The van der Waals surface area contributed by atoms with Crippen molar-refractivity contribution in [1.82, 2.24) is 19.7 Å². The number of nitrogens with one attached hydrogen (secondary N) is 1.